The smallest absolute Gasteiger partial charge is 0.338 e. The van der Waals surface area contributed by atoms with Crippen molar-refractivity contribution in [2.24, 2.45) is 0 Å². The van der Waals surface area contributed by atoms with Crippen molar-refractivity contribution in [1.29, 1.82) is 0 Å². The molecule has 0 aromatic heterocycles. The zero-order valence-electron chi connectivity index (χ0n) is 9.29. The van der Waals surface area contributed by atoms with Gasteiger partial charge in [0.25, 0.3) is 0 Å². The number of hydrogen-bond acceptors (Lipinski definition) is 2. The summed E-state index contributed by atoms with van der Waals surface area (Å²) in [6.07, 6.45) is 0. The van der Waals surface area contributed by atoms with Crippen molar-refractivity contribution in [1.82, 2.24) is 0 Å². The molecule has 0 radical (unpaired) electrons. The lowest BCUT2D eigenvalue weighted by atomic mass is 10.1. The highest BCUT2D eigenvalue weighted by Crippen LogP contribution is 2.24. The lowest BCUT2D eigenvalue weighted by molar-refractivity contribution is 0.0690. The molecule has 1 rings (SSSR count). The zero-order valence-corrected chi connectivity index (χ0v) is 9.29. The van der Waals surface area contributed by atoms with E-state index < -0.39 is 23.2 Å². The maximum atomic E-state index is 13.6. The molecule has 0 bridgehead atoms. The van der Waals surface area contributed by atoms with Crippen molar-refractivity contribution < 1.29 is 18.7 Å². The van der Waals surface area contributed by atoms with Gasteiger partial charge in [-0.25, -0.2) is 13.6 Å². The normalized spacial score (nSPS) is 10.6. The maximum Gasteiger partial charge on any atom is 0.338 e. The van der Waals surface area contributed by atoms with E-state index in [1.807, 2.05) is 13.8 Å². The molecular formula is C11H13F2NO2. The van der Waals surface area contributed by atoms with Gasteiger partial charge in [-0.2, -0.15) is 0 Å². The van der Waals surface area contributed by atoms with E-state index in [1.165, 1.54) is 11.0 Å². The van der Waals surface area contributed by atoms with Gasteiger partial charge in [-0.1, -0.05) is 0 Å². The van der Waals surface area contributed by atoms with E-state index in [-0.39, 0.29) is 11.7 Å². The second kappa shape index (κ2) is 4.47. The van der Waals surface area contributed by atoms with Gasteiger partial charge in [-0.05, 0) is 26.0 Å². The van der Waals surface area contributed by atoms with Gasteiger partial charge in [0.1, 0.15) is 0 Å². The number of aromatic carboxylic acids is 1. The Bertz CT molecular complexity index is 419. The number of carboxylic acids is 1. The van der Waals surface area contributed by atoms with Crippen molar-refractivity contribution in [2.45, 2.75) is 19.9 Å². The van der Waals surface area contributed by atoms with Crippen molar-refractivity contribution >= 4 is 11.7 Å². The second-order valence-corrected chi connectivity index (χ2v) is 3.77. The fourth-order valence-corrected chi connectivity index (χ4v) is 1.26. The fourth-order valence-electron chi connectivity index (χ4n) is 1.26. The predicted octanol–water partition coefficient (Wildman–Crippen LogP) is 2.51. The van der Waals surface area contributed by atoms with E-state index in [0.29, 0.717) is 0 Å². The summed E-state index contributed by atoms with van der Waals surface area (Å²) in [7, 11) is 1.61. The van der Waals surface area contributed by atoms with Crippen LogP contribution in [0.4, 0.5) is 14.5 Å². The van der Waals surface area contributed by atoms with Gasteiger partial charge in [0.2, 0.25) is 0 Å². The molecule has 0 spiro atoms. The number of benzene rings is 1. The average molecular weight is 229 g/mol. The number of rotatable bonds is 3. The molecule has 5 heteroatoms. The molecule has 0 aliphatic heterocycles. The highest BCUT2D eigenvalue weighted by Gasteiger charge is 2.20. The Balaban J connectivity index is 3.27. The maximum absolute atomic E-state index is 13.6. The number of hydrogen-bond donors (Lipinski definition) is 1. The van der Waals surface area contributed by atoms with E-state index in [2.05, 4.69) is 0 Å². The largest absolute Gasteiger partial charge is 0.478 e. The first kappa shape index (κ1) is 12.4. The molecule has 0 amide bonds. The van der Waals surface area contributed by atoms with Crippen LogP contribution < -0.4 is 4.90 Å². The summed E-state index contributed by atoms with van der Waals surface area (Å²) in [6.45, 7) is 3.64. The molecular weight excluding hydrogens is 216 g/mol. The molecule has 0 aliphatic carbocycles. The van der Waals surface area contributed by atoms with Crippen molar-refractivity contribution in [3.63, 3.8) is 0 Å². The van der Waals surface area contributed by atoms with Gasteiger partial charge >= 0.3 is 5.97 Å². The number of halogens is 2. The van der Waals surface area contributed by atoms with E-state index in [1.54, 1.807) is 7.05 Å². The van der Waals surface area contributed by atoms with E-state index in [4.69, 9.17) is 5.11 Å². The van der Waals surface area contributed by atoms with Crippen LogP contribution >= 0.6 is 0 Å². The number of carbonyl (C=O) groups is 1. The minimum atomic E-state index is -1.48. The molecule has 0 saturated heterocycles. The van der Waals surface area contributed by atoms with Gasteiger partial charge in [-0.15, -0.1) is 0 Å². The Labute approximate surface area is 92.3 Å². The summed E-state index contributed by atoms with van der Waals surface area (Å²) in [5.74, 6) is -3.93. The van der Waals surface area contributed by atoms with Crippen LogP contribution in [-0.2, 0) is 0 Å². The van der Waals surface area contributed by atoms with Crippen LogP contribution in [0.25, 0.3) is 0 Å². The Kier molecular flexibility index (Phi) is 3.47. The second-order valence-electron chi connectivity index (χ2n) is 3.77. The van der Waals surface area contributed by atoms with Gasteiger partial charge < -0.3 is 10.0 Å². The van der Waals surface area contributed by atoms with Gasteiger partial charge in [0, 0.05) is 13.1 Å². The quantitative estimate of drug-likeness (QED) is 0.865. The summed E-state index contributed by atoms with van der Waals surface area (Å²) in [4.78, 5) is 12.1. The lowest BCUT2D eigenvalue weighted by Crippen LogP contribution is -2.27. The highest BCUT2D eigenvalue weighted by atomic mass is 19.2. The molecule has 88 valence electrons. The SMILES string of the molecule is CC(C)N(C)c1ccc(C(=O)O)c(F)c1F. The van der Waals surface area contributed by atoms with Crippen LogP contribution in [0, 0.1) is 11.6 Å². The molecule has 0 saturated carbocycles. The monoisotopic (exact) mass is 229 g/mol. The Morgan fingerprint density at radius 2 is 1.88 bits per heavy atom. The topological polar surface area (TPSA) is 40.5 Å². The minimum Gasteiger partial charge on any atom is -0.478 e. The van der Waals surface area contributed by atoms with Crippen LogP contribution in [0.5, 0.6) is 0 Å². The van der Waals surface area contributed by atoms with Gasteiger partial charge in [0.15, 0.2) is 11.6 Å². The Morgan fingerprint density at radius 3 is 2.31 bits per heavy atom. The number of nitrogens with zero attached hydrogens (tertiary/aromatic N) is 1. The van der Waals surface area contributed by atoms with Crippen LogP contribution in [-0.4, -0.2) is 24.2 Å². The first-order chi connectivity index (χ1) is 7.36. The van der Waals surface area contributed by atoms with Crippen LogP contribution in [0.3, 0.4) is 0 Å². The summed E-state index contributed by atoms with van der Waals surface area (Å²) in [5, 5.41) is 8.61. The first-order valence-corrected chi connectivity index (χ1v) is 4.80. The van der Waals surface area contributed by atoms with Crippen LogP contribution in [0.2, 0.25) is 0 Å². The minimum absolute atomic E-state index is 0.00965. The van der Waals surface area contributed by atoms with Gasteiger partial charge in [-0.3, -0.25) is 0 Å². The van der Waals surface area contributed by atoms with Crippen molar-refractivity contribution in [2.75, 3.05) is 11.9 Å². The number of anilines is 1. The van der Waals surface area contributed by atoms with Crippen LogP contribution in [0.15, 0.2) is 12.1 Å². The Morgan fingerprint density at radius 1 is 1.31 bits per heavy atom. The fraction of sp³-hybridized carbons (Fsp3) is 0.364. The molecule has 16 heavy (non-hydrogen) atoms. The van der Waals surface area contributed by atoms with E-state index in [0.717, 1.165) is 6.07 Å². The van der Waals surface area contributed by atoms with Gasteiger partial charge in [0.05, 0.1) is 11.3 Å². The third-order valence-electron chi connectivity index (χ3n) is 2.45. The molecule has 0 unspecified atom stereocenters. The third-order valence-corrected chi connectivity index (χ3v) is 2.45. The standard InChI is InChI=1S/C11H13F2NO2/c1-6(2)14(3)8-5-4-7(11(15)16)9(12)10(8)13/h4-6H,1-3H3,(H,15,16). The lowest BCUT2D eigenvalue weighted by Gasteiger charge is -2.24. The molecule has 1 aromatic rings. The summed E-state index contributed by atoms with van der Waals surface area (Å²) < 4.78 is 26.9. The third kappa shape index (κ3) is 2.13. The molecule has 0 atom stereocenters. The van der Waals surface area contributed by atoms with Crippen LogP contribution in [0.1, 0.15) is 24.2 Å². The van der Waals surface area contributed by atoms with E-state index in [9.17, 15) is 13.6 Å². The number of carboxylic acid groups (broad SMARTS) is 1. The van der Waals surface area contributed by atoms with E-state index >= 15 is 0 Å². The molecule has 0 fully saturated rings. The summed E-state index contributed by atoms with van der Waals surface area (Å²) in [5.41, 5.74) is -0.601. The average Bonchev–Trinajstić information content (AvgIpc) is 2.20. The molecule has 1 N–H and O–H groups in total. The molecule has 1 aromatic carbocycles. The highest BCUT2D eigenvalue weighted by molar-refractivity contribution is 5.88. The first-order valence-electron chi connectivity index (χ1n) is 4.80. The van der Waals surface area contributed by atoms with Crippen molar-refractivity contribution in [3.8, 4) is 0 Å². The molecule has 0 aliphatic rings. The predicted molar refractivity (Wildman–Crippen MR) is 56.9 cm³/mol. The Hall–Kier alpha value is -1.65. The van der Waals surface area contributed by atoms with Crippen molar-refractivity contribution in [3.05, 3.63) is 29.3 Å². The summed E-state index contributed by atoms with van der Waals surface area (Å²) in [6, 6.07) is 2.32. The summed E-state index contributed by atoms with van der Waals surface area (Å²) >= 11 is 0. The molecule has 3 nitrogen and oxygen atoms in total. The molecule has 0 heterocycles. The zero-order chi connectivity index (χ0) is 12.5.